The molecule has 0 aromatic rings. The number of nitrogens with zero attached hydrogens (tertiary/aromatic N) is 1. The van der Waals surface area contributed by atoms with Crippen LogP contribution < -0.4 is 0 Å². The normalized spacial score (nSPS) is 13.7. The average molecular weight is 610 g/mol. The van der Waals surface area contributed by atoms with E-state index in [0.717, 1.165) is 64.2 Å². The average Bonchev–Trinajstić information content (AvgIpc) is 2.84. The molecular weight excluding hydrogens is 568 g/mol. The predicted molar refractivity (Wildman–Crippen MR) is 132 cm³/mol. The van der Waals surface area contributed by atoms with Gasteiger partial charge in [0.05, 0.1) is 0 Å². The summed E-state index contributed by atoms with van der Waals surface area (Å²) < 4.78 is 138. The summed E-state index contributed by atoms with van der Waals surface area (Å²) in [6, 6.07) is 0. The number of rotatable bonds is 23. The minimum Gasteiger partial charge on any atom is -0.337 e. The Morgan fingerprint density at radius 3 is 1.13 bits per heavy atom. The topological polar surface area (TPSA) is 20.3 Å². The van der Waals surface area contributed by atoms with E-state index in [0.29, 0.717) is 25.7 Å². The third kappa shape index (κ3) is 10.8. The van der Waals surface area contributed by atoms with Gasteiger partial charge < -0.3 is 4.90 Å². The molecular formula is C26H42ClF10NO. The Balaban J connectivity index is 5.47. The lowest BCUT2D eigenvalue weighted by Gasteiger charge is -2.38. The zero-order chi connectivity index (χ0) is 30.4. The van der Waals surface area contributed by atoms with Gasteiger partial charge in [-0.15, -0.1) is 0 Å². The van der Waals surface area contributed by atoms with Gasteiger partial charge in [-0.2, -0.15) is 43.9 Å². The Morgan fingerprint density at radius 2 is 0.821 bits per heavy atom. The van der Waals surface area contributed by atoms with Crippen molar-refractivity contribution in [3.8, 4) is 0 Å². The highest BCUT2D eigenvalue weighted by molar-refractivity contribution is 6.22. The summed E-state index contributed by atoms with van der Waals surface area (Å²) >= 11 is 3.85. The third-order valence-electron chi connectivity index (χ3n) is 6.66. The van der Waals surface area contributed by atoms with Crippen molar-refractivity contribution < 1.29 is 48.7 Å². The fourth-order valence-corrected chi connectivity index (χ4v) is 4.21. The molecule has 0 bridgehead atoms. The van der Waals surface area contributed by atoms with E-state index >= 15 is 0 Å². The molecule has 0 aliphatic heterocycles. The fraction of sp³-hybridized carbons (Fsp3) is 0.962. The molecule has 0 unspecified atom stereocenters. The third-order valence-corrected chi connectivity index (χ3v) is 6.90. The van der Waals surface area contributed by atoms with Crippen LogP contribution in [0.4, 0.5) is 43.9 Å². The monoisotopic (exact) mass is 609 g/mol. The van der Waals surface area contributed by atoms with Crippen molar-refractivity contribution in [2.75, 3.05) is 13.1 Å². The summed E-state index contributed by atoms with van der Waals surface area (Å²) in [5.74, 6) is -30.8. The van der Waals surface area contributed by atoms with Crippen LogP contribution in [0.3, 0.4) is 0 Å². The number of amides is 1. The summed E-state index contributed by atoms with van der Waals surface area (Å²) in [5.41, 5.74) is 0. The molecule has 0 heterocycles. The smallest absolute Gasteiger partial charge is 0.337 e. The van der Waals surface area contributed by atoms with Gasteiger partial charge in [-0.3, -0.25) is 4.79 Å². The standard InChI is InChI=1S/C26H42ClF10NO/c1-3-5-7-9-11-13-15-17-19-38(20-18-16-14-12-10-8-6-4-2)21(39)22(28,29)23(30,31)24(32,33)25(34,35)26(27,36)37/h3-20H2,1-2H3. The van der Waals surface area contributed by atoms with Crippen molar-refractivity contribution in [2.45, 2.75) is 146 Å². The van der Waals surface area contributed by atoms with Crippen molar-refractivity contribution in [1.29, 1.82) is 0 Å². The molecule has 0 aliphatic carbocycles. The molecule has 234 valence electrons. The van der Waals surface area contributed by atoms with Crippen molar-refractivity contribution in [1.82, 2.24) is 4.90 Å². The van der Waals surface area contributed by atoms with Crippen molar-refractivity contribution in [3.05, 3.63) is 0 Å². The molecule has 1 amide bonds. The molecule has 0 radical (unpaired) electrons. The minimum absolute atomic E-state index is 0.0878. The van der Waals surface area contributed by atoms with Gasteiger partial charge in [-0.25, -0.2) is 0 Å². The molecule has 0 fully saturated rings. The van der Waals surface area contributed by atoms with Gasteiger partial charge in [0, 0.05) is 13.1 Å². The second-order valence-electron chi connectivity index (χ2n) is 10.0. The van der Waals surface area contributed by atoms with Gasteiger partial charge in [0.1, 0.15) is 0 Å². The molecule has 0 aliphatic rings. The van der Waals surface area contributed by atoms with Crippen LogP contribution in [-0.2, 0) is 4.79 Å². The number of halogens is 11. The second-order valence-corrected chi connectivity index (χ2v) is 10.5. The molecule has 0 atom stereocenters. The maximum atomic E-state index is 14.5. The number of carbonyl (C=O) groups is 1. The molecule has 13 heteroatoms. The molecule has 0 rings (SSSR count). The van der Waals surface area contributed by atoms with Crippen LogP contribution in [0.2, 0.25) is 0 Å². The van der Waals surface area contributed by atoms with Gasteiger partial charge in [0.25, 0.3) is 5.91 Å². The minimum atomic E-state index is -7.34. The van der Waals surface area contributed by atoms with Gasteiger partial charge in [-0.05, 0) is 24.4 Å². The van der Waals surface area contributed by atoms with Gasteiger partial charge in [0.2, 0.25) is 0 Å². The molecule has 0 saturated heterocycles. The maximum Gasteiger partial charge on any atom is 0.393 e. The molecule has 2 nitrogen and oxygen atoms in total. The van der Waals surface area contributed by atoms with E-state index in [1.165, 1.54) is 0 Å². The first-order valence-electron chi connectivity index (χ1n) is 13.8. The van der Waals surface area contributed by atoms with Gasteiger partial charge in [0.15, 0.2) is 0 Å². The fourth-order valence-electron chi connectivity index (χ4n) is 4.09. The highest BCUT2D eigenvalue weighted by atomic mass is 35.5. The lowest BCUT2D eigenvalue weighted by atomic mass is 9.97. The van der Waals surface area contributed by atoms with Crippen LogP contribution in [0.5, 0.6) is 0 Å². The summed E-state index contributed by atoms with van der Waals surface area (Å²) in [4.78, 5) is 12.7. The first-order valence-corrected chi connectivity index (χ1v) is 14.2. The SMILES string of the molecule is CCCCCCCCCCN(CCCCCCCCCC)C(=O)C(F)(F)C(F)(F)C(F)(F)C(F)(F)C(F)(F)Cl. The molecule has 0 aromatic carbocycles. The highest BCUT2D eigenvalue weighted by Gasteiger charge is 2.87. The largest absolute Gasteiger partial charge is 0.393 e. The van der Waals surface area contributed by atoms with E-state index in [2.05, 4.69) is 11.6 Å². The van der Waals surface area contributed by atoms with Crippen LogP contribution in [0.1, 0.15) is 117 Å². The Labute approximate surface area is 230 Å². The van der Waals surface area contributed by atoms with E-state index in [1.807, 2.05) is 13.8 Å². The van der Waals surface area contributed by atoms with Crippen LogP contribution in [-0.4, -0.2) is 53.0 Å². The van der Waals surface area contributed by atoms with Crippen molar-refractivity contribution in [2.24, 2.45) is 0 Å². The Morgan fingerprint density at radius 1 is 0.513 bits per heavy atom. The Bertz CT molecular complexity index is 666. The maximum absolute atomic E-state index is 14.5. The molecule has 0 saturated carbocycles. The Kier molecular flexibility index (Phi) is 16.7. The highest BCUT2D eigenvalue weighted by Crippen LogP contribution is 2.58. The van der Waals surface area contributed by atoms with Gasteiger partial charge in [-0.1, -0.05) is 104 Å². The van der Waals surface area contributed by atoms with Crippen molar-refractivity contribution in [3.63, 3.8) is 0 Å². The van der Waals surface area contributed by atoms with Crippen LogP contribution in [0, 0.1) is 0 Å². The molecule has 0 spiro atoms. The van der Waals surface area contributed by atoms with E-state index in [-0.39, 0.29) is 17.7 Å². The summed E-state index contributed by atoms with van der Waals surface area (Å²) in [6.07, 6.45) is 12.0. The molecule has 0 N–H and O–H groups in total. The predicted octanol–water partition coefficient (Wildman–Crippen LogP) is 10.5. The number of carbonyl (C=O) groups excluding carboxylic acids is 1. The first kappa shape index (κ1) is 38.1. The lowest BCUT2D eigenvalue weighted by molar-refractivity contribution is -0.383. The van der Waals surface area contributed by atoms with Crippen molar-refractivity contribution >= 4 is 17.5 Å². The van der Waals surface area contributed by atoms with E-state index < -0.39 is 48.1 Å². The quantitative estimate of drug-likeness (QED) is 0.0641. The van der Waals surface area contributed by atoms with Crippen LogP contribution in [0.25, 0.3) is 0 Å². The number of hydrogen-bond acceptors (Lipinski definition) is 1. The van der Waals surface area contributed by atoms with Crippen LogP contribution in [0.15, 0.2) is 0 Å². The van der Waals surface area contributed by atoms with E-state index in [9.17, 15) is 48.7 Å². The summed E-state index contributed by atoms with van der Waals surface area (Å²) in [6.45, 7) is 3.08. The number of hydrogen-bond donors (Lipinski definition) is 0. The summed E-state index contributed by atoms with van der Waals surface area (Å²) in [7, 11) is 0. The van der Waals surface area contributed by atoms with E-state index in [1.54, 1.807) is 0 Å². The second kappa shape index (κ2) is 17.1. The van der Waals surface area contributed by atoms with E-state index in [4.69, 9.17) is 0 Å². The number of alkyl halides is 11. The zero-order valence-corrected chi connectivity index (χ0v) is 23.5. The Hall–Kier alpha value is -0.940. The molecule has 0 aromatic heterocycles. The van der Waals surface area contributed by atoms with Gasteiger partial charge >= 0.3 is 29.1 Å². The molecule has 39 heavy (non-hydrogen) atoms. The zero-order valence-electron chi connectivity index (χ0n) is 22.7. The van der Waals surface area contributed by atoms with Crippen LogP contribution >= 0.6 is 11.6 Å². The summed E-state index contributed by atoms with van der Waals surface area (Å²) in [5, 5.41) is -6.28. The number of unbranched alkanes of at least 4 members (excludes halogenated alkanes) is 14. The first-order chi connectivity index (χ1) is 17.9. The lowest BCUT2D eigenvalue weighted by Crippen LogP contribution is -2.69.